The molecule has 2 saturated carbocycles. The van der Waals surface area contributed by atoms with E-state index in [1.807, 2.05) is 0 Å². The quantitative estimate of drug-likeness (QED) is 0.528. The van der Waals surface area contributed by atoms with Crippen molar-refractivity contribution in [1.29, 1.82) is 0 Å². The van der Waals surface area contributed by atoms with E-state index in [4.69, 9.17) is 9.47 Å². The molecule has 0 spiro atoms. The lowest BCUT2D eigenvalue weighted by Crippen LogP contribution is -2.50. The Labute approximate surface area is 175 Å². The average Bonchev–Trinajstić information content (AvgIpc) is 3.04. The van der Waals surface area contributed by atoms with Crippen LogP contribution in [-0.4, -0.2) is 30.1 Å². The number of aliphatic hydroxyl groups is 1. The summed E-state index contributed by atoms with van der Waals surface area (Å²) in [5.74, 6) is 0.966. The van der Waals surface area contributed by atoms with Gasteiger partial charge in [-0.25, -0.2) is 4.79 Å². The summed E-state index contributed by atoms with van der Waals surface area (Å²) in [5, 5.41) is 9.85. The summed E-state index contributed by atoms with van der Waals surface area (Å²) in [6.07, 6.45) is 11.6. The first-order valence-corrected chi connectivity index (χ1v) is 11.3. The number of allylic oxidation sites excluding steroid dienone is 1. The van der Waals surface area contributed by atoms with Crippen molar-refractivity contribution in [2.45, 2.75) is 84.5 Å². The molecular weight excluding hydrogens is 364 g/mol. The minimum Gasteiger partial charge on any atom is -0.429 e. The molecule has 29 heavy (non-hydrogen) atoms. The van der Waals surface area contributed by atoms with Crippen LogP contribution in [0.1, 0.15) is 72.1 Å². The van der Waals surface area contributed by atoms with E-state index in [1.54, 1.807) is 0 Å². The van der Waals surface area contributed by atoms with Gasteiger partial charge in [0, 0.05) is 11.6 Å². The van der Waals surface area contributed by atoms with Crippen LogP contribution in [0, 0.1) is 22.7 Å². The van der Waals surface area contributed by atoms with Crippen LogP contribution in [-0.2, 0) is 14.3 Å². The van der Waals surface area contributed by atoms with Crippen molar-refractivity contribution in [3.05, 3.63) is 35.5 Å². The van der Waals surface area contributed by atoms with Gasteiger partial charge in [0.15, 0.2) is 0 Å². The summed E-state index contributed by atoms with van der Waals surface area (Å²) < 4.78 is 10.8. The van der Waals surface area contributed by atoms with E-state index in [9.17, 15) is 9.90 Å². The number of hydrogen-bond acceptors (Lipinski definition) is 4. The van der Waals surface area contributed by atoms with Gasteiger partial charge in [-0.3, -0.25) is 0 Å². The summed E-state index contributed by atoms with van der Waals surface area (Å²) in [4.78, 5) is 11.3. The van der Waals surface area contributed by atoms with Crippen molar-refractivity contribution in [3.63, 3.8) is 0 Å². The Hall–Kier alpha value is -1.39. The molecule has 2 aliphatic carbocycles. The molecule has 1 N–H and O–H groups in total. The van der Waals surface area contributed by atoms with E-state index in [-0.39, 0.29) is 6.10 Å². The predicted molar refractivity (Wildman–Crippen MR) is 113 cm³/mol. The molecule has 0 radical (unpaired) electrons. The van der Waals surface area contributed by atoms with Crippen LogP contribution in [0.5, 0.6) is 0 Å². The maximum absolute atomic E-state index is 11.3. The Balaban J connectivity index is 1.42. The Bertz CT molecular complexity index is 750. The predicted octanol–water partition coefficient (Wildman–Crippen LogP) is 5.08. The van der Waals surface area contributed by atoms with Crippen LogP contribution >= 0.6 is 0 Å². The smallest absolute Gasteiger partial charge is 0.333 e. The number of hydrogen-bond donors (Lipinski definition) is 1. The SMILES string of the molecule is C=C1CCC[C@@H]2[C@@](C)(CCC3=CC[C@H](C4=CC(=O)OC4O)OC3)[C@@H](C)CC[C@@]12C. The number of carbonyl (C=O) groups excluding carboxylic acids is 1. The van der Waals surface area contributed by atoms with Crippen LogP contribution in [0.3, 0.4) is 0 Å². The zero-order valence-corrected chi connectivity index (χ0v) is 18.2. The summed E-state index contributed by atoms with van der Waals surface area (Å²) in [7, 11) is 0. The lowest BCUT2D eigenvalue weighted by molar-refractivity contribution is -0.152. The van der Waals surface area contributed by atoms with Crippen LogP contribution in [0.2, 0.25) is 0 Å². The number of cyclic esters (lactones) is 1. The minimum atomic E-state index is -1.15. The molecule has 2 fully saturated rings. The summed E-state index contributed by atoms with van der Waals surface area (Å²) >= 11 is 0. The second kappa shape index (κ2) is 7.70. The average molecular weight is 401 g/mol. The third-order valence-corrected chi connectivity index (χ3v) is 8.81. The molecule has 4 nitrogen and oxygen atoms in total. The molecular formula is C25H36O4. The molecule has 0 amide bonds. The molecule has 0 bridgehead atoms. The lowest BCUT2D eigenvalue weighted by atomic mass is 9.46. The first-order chi connectivity index (χ1) is 13.7. The van der Waals surface area contributed by atoms with E-state index in [2.05, 4.69) is 33.4 Å². The van der Waals surface area contributed by atoms with Crippen LogP contribution < -0.4 is 0 Å². The van der Waals surface area contributed by atoms with Gasteiger partial charge in [-0.05, 0) is 79.6 Å². The van der Waals surface area contributed by atoms with Gasteiger partial charge in [-0.1, -0.05) is 39.0 Å². The molecule has 2 aliphatic heterocycles. The maximum Gasteiger partial charge on any atom is 0.333 e. The lowest BCUT2D eigenvalue weighted by Gasteiger charge is -2.59. The highest BCUT2D eigenvalue weighted by atomic mass is 16.6. The number of carbonyl (C=O) groups is 1. The molecule has 4 rings (SSSR count). The van der Waals surface area contributed by atoms with E-state index in [0.29, 0.717) is 29.4 Å². The molecule has 1 unspecified atom stereocenters. The number of ether oxygens (including phenoxy) is 2. The van der Waals surface area contributed by atoms with E-state index in [1.165, 1.54) is 55.7 Å². The van der Waals surface area contributed by atoms with Crippen molar-refractivity contribution >= 4 is 5.97 Å². The first kappa shape index (κ1) is 20.9. The third kappa shape index (κ3) is 3.63. The fourth-order valence-corrected chi connectivity index (χ4v) is 6.50. The van der Waals surface area contributed by atoms with Gasteiger partial charge >= 0.3 is 5.97 Å². The standard InChI is InChI=1S/C25H36O4/c1-16-6-5-7-21-24(16,3)12-10-17(2)25(21,4)13-11-18-8-9-20(28-15-18)19-14-22(26)29-23(19)27/h8,14,17,20-21,23,27H,1,5-7,9-13,15H2,2-4H3/t17-,20+,21-,23?,24-,25-/m0/s1. The Morgan fingerprint density at radius 2 is 2.10 bits per heavy atom. The molecule has 0 saturated heterocycles. The molecule has 160 valence electrons. The Morgan fingerprint density at radius 1 is 1.31 bits per heavy atom. The van der Waals surface area contributed by atoms with Gasteiger partial charge in [0.25, 0.3) is 0 Å². The molecule has 4 heteroatoms. The van der Waals surface area contributed by atoms with E-state index in [0.717, 1.165) is 18.3 Å². The fraction of sp³-hybridized carbons (Fsp3) is 0.720. The van der Waals surface area contributed by atoms with Crippen LogP contribution in [0.25, 0.3) is 0 Å². The van der Waals surface area contributed by atoms with Crippen molar-refractivity contribution in [1.82, 2.24) is 0 Å². The first-order valence-electron chi connectivity index (χ1n) is 11.3. The highest BCUT2D eigenvalue weighted by Crippen LogP contribution is 2.62. The van der Waals surface area contributed by atoms with Crippen molar-refractivity contribution in [2.24, 2.45) is 22.7 Å². The van der Waals surface area contributed by atoms with Crippen molar-refractivity contribution in [3.8, 4) is 0 Å². The molecule has 4 aliphatic rings. The number of fused-ring (bicyclic) bond motifs is 1. The second-order valence-corrected chi connectivity index (χ2v) is 10.2. The largest absolute Gasteiger partial charge is 0.429 e. The zero-order chi connectivity index (χ0) is 20.8. The summed E-state index contributed by atoms with van der Waals surface area (Å²) in [6.45, 7) is 12.5. The van der Waals surface area contributed by atoms with E-state index < -0.39 is 12.3 Å². The Morgan fingerprint density at radius 3 is 2.76 bits per heavy atom. The highest BCUT2D eigenvalue weighted by molar-refractivity contribution is 5.85. The zero-order valence-electron chi connectivity index (χ0n) is 18.2. The normalized spacial score (nSPS) is 42.8. The second-order valence-electron chi connectivity index (χ2n) is 10.2. The maximum atomic E-state index is 11.3. The van der Waals surface area contributed by atoms with Gasteiger partial charge in [-0.2, -0.15) is 0 Å². The molecule has 6 atom stereocenters. The number of rotatable bonds is 4. The number of aliphatic hydroxyl groups excluding tert-OH is 1. The molecule has 0 aromatic carbocycles. The van der Waals surface area contributed by atoms with Gasteiger partial charge in [0.05, 0.1) is 12.7 Å². The van der Waals surface area contributed by atoms with Gasteiger partial charge in [-0.15, -0.1) is 0 Å². The van der Waals surface area contributed by atoms with E-state index >= 15 is 0 Å². The molecule has 0 aromatic heterocycles. The number of esters is 1. The summed E-state index contributed by atoms with van der Waals surface area (Å²) in [5.41, 5.74) is 4.01. The Kier molecular flexibility index (Phi) is 5.54. The monoisotopic (exact) mass is 400 g/mol. The van der Waals surface area contributed by atoms with Crippen LogP contribution in [0.4, 0.5) is 0 Å². The fourth-order valence-electron chi connectivity index (χ4n) is 6.50. The van der Waals surface area contributed by atoms with Gasteiger partial charge in [0.2, 0.25) is 6.29 Å². The van der Waals surface area contributed by atoms with Crippen molar-refractivity contribution in [2.75, 3.05) is 6.61 Å². The molecule has 0 aromatic rings. The van der Waals surface area contributed by atoms with Gasteiger partial charge in [0.1, 0.15) is 0 Å². The van der Waals surface area contributed by atoms with Crippen LogP contribution in [0.15, 0.2) is 35.5 Å². The minimum absolute atomic E-state index is 0.255. The van der Waals surface area contributed by atoms with Crippen molar-refractivity contribution < 1.29 is 19.4 Å². The highest BCUT2D eigenvalue weighted by Gasteiger charge is 2.53. The third-order valence-electron chi connectivity index (χ3n) is 8.81. The topological polar surface area (TPSA) is 55.8 Å². The summed E-state index contributed by atoms with van der Waals surface area (Å²) in [6, 6.07) is 0. The molecule has 2 heterocycles. The van der Waals surface area contributed by atoms with Gasteiger partial charge < -0.3 is 14.6 Å².